The van der Waals surface area contributed by atoms with Crippen LogP contribution in [0.1, 0.15) is 18.4 Å². The van der Waals surface area contributed by atoms with Gasteiger partial charge < -0.3 is 19.9 Å². The Balaban J connectivity index is 1.38. The van der Waals surface area contributed by atoms with E-state index in [0.717, 1.165) is 40.7 Å². The molecular formula is C23H25N3O3. The van der Waals surface area contributed by atoms with Crippen LogP contribution in [0.2, 0.25) is 0 Å². The minimum atomic E-state index is -0.197. The number of hydrogen-bond donors (Lipinski definition) is 2. The number of piperidine rings is 1. The van der Waals surface area contributed by atoms with Crippen LogP contribution in [-0.4, -0.2) is 41.9 Å². The highest BCUT2D eigenvalue weighted by Gasteiger charge is 2.28. The van der Waals surface area contributed by atoms with Crippen molar-refractivity contribution in [3.8, 4) is 5.75 Å². The molecule has 2 N–H and O–H groups in total. The minimum Gasteiger partial charge on any atom is -0.497 e. The van der Waals surface area contributed by atoms with Crippen LogP contribution in [0.4, 0.5) is 5.69 Å². The molecule has 0 spiro atoms. The molecule has 0 radical (unpaired) electrons. The van der Waals surface area contributed by atoms with Gasteiger partial charge in [-0.25, -0.2) is 0 Å². The van der Waals surface area contributed by atoms with E-state index in [1.807, 2.05) is 59.6 Å². The second-order valence-corrected chi connectivity index (χ2v) is 7.43. The van der Waals surface area contributed by atoms with Crippen LogP contribution in [0.25, 0.3) is 10.9 Å². The van der Waals surface area contributed by atoms with Crippen molar-refractivity contribution in [2.75, 3.05) is 25.5 Å². The Kier molecular flexibility index (Phi) is 5.51. The molecule has 3 aromatic rings. The van der Waals surface area contributed by atoms with Gasteiger partial charge in [-0.05, 0) is 48.7 Å². The molecule has 29 heavy (non-hydrogen) atoms. The van der Waals surface area contributed by atoms with Crippen molar-refractivity contribution in [3.05, 3.63) is 60.3 Å². The van der Waals surface area contributed by atoms with E-state index < -0.39 is 0 Å². The Hall–Kier alpha value is -3.28. The van der Waals surface area contributed by atoms with E-state index in [1.54, 1.807) is 7.11 Å². The predicted octanol–water partition coefficient (Wildman–Crippen LogP) is 3.60. The van der Waals surface area contributed by atoms with Crippen LogP contribution < -0.4 is 10.1 Å². The number of H-pyrrole nitrogens is 1. The second kappa shape index (κ2) is 8.39. The third kappa shape index (κ3) is 4.26. The largest absolute Gasteiger partial charge is 0.497 e. The summed E-state index contributed by atoms with van der Waals surface area (Å²) in [4.78, 5) is 30.6. The molecule has 0 bridgehead atoms. The normalized spacial score (nSPS) is 16.6. The molecule has 1 fully saturated rings. The number of carbonyl (C=O) groups is 2. The van der Waals surface area contributed by atoms with E-state index in [-0.39, 0.29) is 17.7 Å². The van der Waals surface area contributed by atoms with Gasteiger partial charge in [0.1, 0.15) is 5.75 Å². The van der Waals surface area contributed by atoms with Gasteiger partial charge in [-0.1, -0.05) is 18.2 Å². The number of aromatic amines is 1. The number of rotatable bonds is 5. The zero-order chi connectivity index (χ0) is 20.2. The first kappa shape index (κ1) is 19.1. The number of hydrogen-bond acceptors (Lipinski definition) is 3. The number of carbonyl (C=O) groups excluding carboxylic acids is 2. The molecule has 2 heterocycles. The van der Waals surface area contributed by atoms with E-state index in [0.29, 0.717) is 19.5 Å². The standard InChI is InChI=1S/C23H25N3O3/c1-29-19-10-8-18(9-11-19)25-23(28)16-5-4-12-26(15-16)22(27)13-17-14-24-21-7-3-2-6-20(17)21/h2-3,6-11,14,16,24H,4-5,12-13,15H2,1H3,(H,25,28). The van der Waals surface area contributed by atoms with Gasteiger partial charge in [0.15, 0.2) is 0 Å². The molecule has 1 unspecified atom stereocenters. The number of nitrogens with zero attached hydrogens (tertiary/aromatic N) is 1. The fraction of sp³-hybridized carbons (Fsp3) is 0.304. The molecule has 6 heteroatoms. The first-order valence-corrected chi connectivity index (χ1v) is 9.92. The summed E-state index contributed by atoms with van der Waals surface area (Å²) in [5.41, 5.74) is 2.76. The number of fused-ring (bicyclic) bond motifs is 1. The zero-order valence-electron chi connectivity index (χ0n) is 16.5. The average molecular weight is 391 g/mol. The second-order valence-electron chi connectivity index (χ2n) is 7.43. The Bertz CT molecular complexity index is 1010. The monoisotopic (exact) mass is 391 g/mol. The molecule has 1 atom stereocenters. The third-order valence-corrected chi connectivity index (χ3v) is 5.52. The number of para-hydroxylation sites is 1. The Labute approximate surface area is 169 Å². The van der Waals surface area contributed by atoms with Crippen LogP contribution in [-0.2, 0) is 16.0 Å². The third-order valence-electron chi connectivity index (χ3n) is 5.52. The maximum atomic E-state index is 12.9. The first-order valence-electron chi connectivity index (χ1n) is 9.92. The maximum Gasteiger partial charge on any atom is 0.229 e. The van der Waals surface area contributed by atoms with E-state index in [4.69, 9.17) is 4.74 Å². The van der Waals surface area contributed by atoms with Crippen molar-refractivity contribution in [2.45, 2.75) is 19.3 Å². The topological polar surface area (TPSA) is 74.4 Å². The van der Waals surface area contributed by atoms with Gasteiger partial charge in [0.25, 0.3) is 0 Å². The lowest BCUT2D eigenvalue weighted by molar-refractivity contribution is -0.133. The highest BCUT2D eigenvalue weighted by atomic mass is 16.5. The fourth-order valence-corrected chi connectivity index (χ4v) is 3.89. The lowest BCUT2D eigenvalue weighted by atomic mass is 9.96. The molecule has 2 aromatic carbocycles. The zero-order valence-corrected chi connectivity index (χ0v) is 16.5. The van der Waals surface area contributed by atoms with Crippen LogP contribution in [0.15, 0.2) is 54.7 Å². The van der Waals surface area contributed by atoms with Gasteiger partial charge in [0.05, 0.1) is 19.4 Å². The Morgan fingerprint density at radius 1 is 1.17 bits per heavy atom. The molecular weight excluding hydrogens is 366 g/mol. The Morgan fingerprint density at radius 2 is 1.97 bits per heavy atom. The van der Waals surface area contributed by atoms with Crippen LogP contribution in [0.5, 0.6) is 5.75 Å². The van der Waals surface area contributed by atoms with E-state index in [9.17, 15) is 9.59 Å². The average Bonchev–Trinajstić information content (AvgIpc) is 3.17. The summed E-state index contributed by atoms with van der Waals surface area (Å²) >= 11 is 0. The first-order chi connectivity index (χ1) is 14.1. The fourth-order valence-electron chi connectivity index (χ4n) is 3.89. The van der Waals surface area contributed by atoms with E-state index >= 15 is 0 Å². The van der Waals surface area contributed by atoms with Crippen LogP contribution >= 0.6 is 0 Å². The number of nitrogens with one attached hydrogen (secondary N) is 2. The summed E-state index contributed by atoms with van der Waals surface area (Å²) in [7, 11) is 1.61. The van der Waals surface area contributed by atoms with Crippen LogP contribution in [0.3, 0.4) is 0 Å². The summed E-state index contributed by atoms with van der Waals surface area (Å²) in [5, 5.41) is 4.03. The molecule has 2 amide bonds. The summed E-state index contributed by atoms with van der Waals surface area (Å²) in [6.45, 7) is 1.16. The van der Waals surface area contributed by atoms with Gasteiger partial charge in [-0.3, -0.25) is 9.59 Å². The highest BCUT2D eigenvalue weighted by Crippen LogP contribution is 2.23. The molecule has 0 saturated carbocycles. The number of likely N-dealkylation sites (tertiary alicyclic amines) is 1. The number of benzene rings is 2. The van der Waals surface area contributed by atoms with Crippen LogP contribution in [0, 0.1) is 5.92 Å². The Morgan fingerprint density at radius 3 is 2.76 bits per heavy atom. The van der Waals surface area contributed by atoms with Crippen molar-refractivity contribution >= 4 is 28.4 Å². The smallest absolute Gasteiger partial charge is 0.229 e. The lowest BCUT2D eigenvalue weighted by Gasteiger charge is -2.32. The van der Waals surface area contributed by atoms with E-state index in [1.165, 1.54) is 0 Å². The number of methoxy groups -OCH3 is 1. The van der Waals surface area contributed by atoms with Gasteiger partial charge in [0, 0.05) is 35.9 Å². The molecule has 6 nitrogen and oxygen atoms in total. The SMILES string of the molecule is COc1ccc(NC(=O)C2CCCN(C(=O)Cc3c[nH]c4ccccc34)C2)cc1. The quantitative estimate of drug-likeness (QED) is 0.698. The van der Waals surface area contributed by atoms with Crippen molar-refractivity contribution in [1.29, 1.82) is 0 Å². The number of aromatic nitrogens is 1. The molecule has 4 rings (SSSR count). The van der Waals surface area contributed by atoms with Gasteiger partial charge in [0.2, 0.25) is 11.8 Å². The van der Waals surface area contributed by atoms with Crippen molar-refractivity contribution in [2.24, 2.45) is 5.92 Å². The van der Waals surface area contributed by atoms with Gasteiger partial charge >= 0.3 is 0 Å². The summed E-state index contributed by atoms with van der Waals surface area (Å²) in [6.07, 6.45) is 3.87. The minimum absolute atomic E-state index is 0.0419. The molecule has 0 aliphatic carbocycles. The molecule has 1 aliphatic heterocycles. The van der Waals surface area contributed by atoms with Crippen molar-refractivity contribution in [3.63, 3.8) is 0 Å². The summed E-state index contributed by atoms with van der Waals surface area (Å²) < 4.78 is 5.14. The highest BCUT2D eigenvalue weighted by molar-refractivity contribution is 5.93. The van der Waals surface area contributed by atoms with Gasteiger partial charge in [-0.15, -0.1) is 0 Å². The number of ether oxygens (including phenoxy) is 1. The number of amides is 2. The lowest BCUT2D eigenvalue weighted by Crippen LogP contribution is -2.44. The summed E-state index contributed by atoms with van der Waals surface area (Å²) in [5.74, 6) is 0.573. The molecule has 1 aromatic heterocycles. The van der Waals surface area contributed by atoms with Gasteiger partial charge in [-0.2, -0.15) is 0 Å². The summed E-state index contributed by atoms with van der Waals surface area (Å²) in [6, 6.07) is 15.2. The molecule has 1 aliphatic rings. The van der Waals surface area contributed by atoms with E-state index in [2.05, 4.69) is 10.3 Å². The maximum absolute atomic E-state index is 12.9. The number of anilines is 1. The predicted molar refractivity (Wildman–Crippen MR) is 113 cm³/mol. The molecule has 150 valence electrons. The molecule has 1 saturated heterocycles. The van der Waals surface area contributed by atoms with Crippen molar-refractivity contribution < 1.29 is 14.3 Å². The van der Waals surface area contributed by atoms with Crippen molar-refractivity contribution in [1.82, 2.24) is 9.88 Å².